The molecule has 0 atom stereocenters. The lowest BCUT2D eigenvalue weighted by Crippen LogP contribution is -2.39. The van der Waals surface area contributed by atoms with E-state index in [1.165, 1.54) is 0 Å². The molecule has 1 aliphatic rings. The number of carbonyl (C=O) groups is 2. The van der Waals surface area contributed by atoms with Gasteiger partial charge in [-0.3, -0.25) is 9.59 Å². The predicted molar refractivity (Wildman–Crippen MR) is 98.1 cm³/mol. The largest absolute Gasteiger partial charge is 0.493 e. The summed E-state index contributed by atoms with van der Waals surface area (Å²) in [5, 5.41) is 5.68. The van der Waals surface area contributed by atoms with Crippen LogP contribution in [0.15, 0.2) is 48.5 Å². The van der Waals surface area contributed by atoms with Gasteiger partial charge < -0.3 is 20.1 Å². The van der Waals surface area contributed by atoms with Crippen LogP contribution in [-0.2, 0) is 16.1 Å². The lowest BCUT2D eigenvalue weighted by atomic mass is 10.0. The highest BCUT2D eigenvalue weighted by molar-refractivity contribution is 6.13. The Morgan fingerprint density at radius 1 is 0.962 bits per heavy atom. The molecule has 0 aliphatic heterocycles. The Labute approximate surface area is 152 Å². The minimum Gasteiger partial charge on any atom is -0.493 e. The molecule has 0 spiro atoms. The van der Waals surface area contributed by atoms with Crippen molar-refractivity contribution in [3.8, 4) is 11.5 Å². The maximum absolute atomic E-state index is 12.6. The third kappa shape index (κ3) is 3.64. The molecule has 2 N–H and O–H groups in total. The molecule has 26 heavy (non-hydrogen) atoms. The van der Waals surface area contributed by atoms with Crippen molar-refractivity contribution in [3.63, 3.8) is 0 Å². The van der Waals surface area contributed by atoms with Crippen LogP contribution in [0, 0.1) is 5.41 Å². The second-order valence-electron chi connectivity index (χ2n) is 6.27. The van der Waals surface area contributed by atoms with E-state index in [-0.39, 0.29) is 11.8 Å². The van der Waals surface area contributed by atoms with E-state index in [0.29, 0.717) is 36.6 Å². The lowest BCUT2D eigenvalue weighted by Gasteiger charge is -2.16. The predicted octanol–water partition coefficient (Wildman–Crippen LogP) is 2.74. The molecule has 0 aromatic heterocycles. The molecule has 0 bridgehead atoms. The maximum atomic E-state index is 12.6. The first kappa shape index (κ1) is 17.8. The van der Waals surface area contributed by atoms with Crippen LogP contribution in [0.1, 0.15) is 18.4 Å². The van der Waals surface area contributed by atoms with E-state index in [9.17, 15) is 9.59 Å². The molecule has 2 amide bonds. The standard InChI is InChI=1S/C20H22N2O4/c1-25-16-9-8-14(12-17(16)26-2)13-21-18(23)20(10-11-20)19(24)22-15-6-4-3-5-7-15/h3-9,12H,10-11,13H2,1-2H3,(H,21,23)(H,22,24). The van der Waals surface area contributed by atoms with Gasteiger partial charge in [0, 0.05) is 12.2 Å². The zero-order chi connectivity index (χ0) is 18.6. The molecule has 0 unspecified atom stereocenters. The van der Waals surface area contributed by atoms with Gasteiger partial charge in [0.05, 0.1) is 14.2 Å². The van der Waals surface area contributed by atoms with Crippen molar-refractivity contribution < 1.29 is 19.1 Å². The third-order valence-electron chi connectivity index (χ3n) is 4.55. The Balaban J connectivity index is 1.62. The average Bonchev–Trinajstić information content (AvgIpc) is 3.48. The van der Waals surface area contributed by atoms with Gasteiger partial charge in [0.15, 0.2) is 11.5 Å². The van der Waals surface area contributed by atoms with Gasteiger partial charge in [-0.25, -0.2) is 0 Å². The zero-order valence-electron chi connectivity index (χ0n) is 14.9. The molecule has 0 radical (unpaired) electrons. The fourth-order valence-electron chi connectivity index (χ4n) is 2.80. The van der Waals surface area contributed by atoms with Gasteiger partial charge in [-0.05, 0) is 42.7 Å². The number of nitrogens with one attached hydrogen (secondary N) is 2. The summed E-state index contributed by atoms with van der Waals surface area (Å²) in [4.78, 5) is 25.1. The first-order valence-electron chi connectivity index (χ1n) is 8.45. The number of benzene rings is 2. The number of hydrogen-bond acceptors (Lipinski definition) is 4. The molecule has 1 aliphatic carbocycles. The Kier molecular flexibility index (Phi) is 5.11. The Morgan fingerprint density at radius 2 is 1.65 bits per heavy atom. The third-order valence-corrected chi connectivity index (χ3v) is 4.55. The number of anilines is 1. The van der Waals surface area contributed by atoms with E-state index < -0.39 is 5.41 Å². The van der Waals surface area contributed by atoms with Crippen LogP contribution in [0.2, 0.25) is 0 Å². The van der Waals surface area contributed by atoms with Crippen LogP contribution in [0.3, 0.4) is 0 Å². The monoisotopic (exact) mass is 354 g/mol. The highest BCUT2D eigenvalue weighted by Crippen LogP contribution is 2.47. The number of methoxy groups -OCH3 is 2. The summed E-state index contributed by atoms with van der Waals surface area (Å²) in [6.45, 7) is 0.319. The van der Waals surface area contributed by atoms with E-state index in [0.717, 1.165) is 5.56 Å². The van der Waals surface area contributed by atoms with Gasteiger partial charge in [0.2, 0.25) is 11.8 Å². The summed E-state index contributed by atoms with van der Waals surface area (Å²) in [6.07, 6.45) is 1.12. The molecular weight excluding hydrogens is 332 g/mol. The molecule has 0 saturated heterocycles. The average molecular weight is 354 g/mol. The minimum atomic E-state index is -0.966. The highest BCUT2D eigenvalue weighted by Gasteiger charge is 2.56. The Hall–Kier alpha value is -3.02. The molecule has 6 heteroatoms. The molecule has 0 heterocycles. The number of carbonyl (C=O) groups excluding carboxylic acids is 2. The van der Waals surface area contributed by atoms with Gasteiger partial charge in [-0.15, -0.1) is 0 Å². The summed E-state index contributed by atoms with van der Waals surface area (Å²) in [5.41, 5.74) is 0.596. The smallest absolute Gasteiger partial charge is 0.240 e. The molecule has 136 valence electrons. The van der Waals surface area contributed by atoms with Crippen LogP contribution in [0.4, 0.5) is 5.69 Å². The van der Waals surface area contributed by atoms with Crippen molar-refractivity contribution in [2.45, 2.75) is 19.4 Å². The second-order valence-corrected chi connectivity index (χ2v) is 6.27. The summed E-state index contributed by atoms with van der Waals surface area (Å²) >= 11 is 0. The van der Waals surface area contributed by atoms with Gasteiger partial charge in [0.1, 0.15) is 5.41 Å². The number of para-hydroxylation sites is 1. The number of hydrogen-bond donors (Lipinski definition) is 2. The van der Waals surface area contributed by atoms with Crippen molar-refractivity contribution in [1.29, 1.82) is 0 Å². The molecule has 6 nitrogen and oxygen atoms in total. The molecule has 2 aromatic rings. The fraction of sp³-hybridized carbons (Fsp3) is 0.300. The van der Waals surface area contributed by atoms with Gasteiger partial charge in [-0.1, -0.05) is 24.3 Å². The van der Waals surface area contributed by atoms with E-state index >= 15 is 0 Å². The minimum absolute atomic E-state index is 0.249. The Bertz CT molecular complexity index is 801. The summed E-state index contributed by atoms with van der Waals surface area (Å²) in [7, 11) is 3.13. The molecule has 1 fully saturated rings. The second kappa shape index (κ2) is 7.47. The van der Waals surface area contributed by atoms with E-state index in [1.54, 1.807) is 32.4 Å². The first-order chi connectivity index (χ1) is 12.6. The maximum Gasteiger partial charge on any atom is 0.240 e. The Morgan fingerprint density at radius 3 is 2.27 bits per heavy atom. The summed E-state index contributed by atoms with van der Waals surface area (Å²) < 4.78 is 10.5. The van der Waals surface area contributed by atoms with Crippen LogP contribution >= 0.6 is 0 Å². The zero-order valence-corrected chi connectivity index (χ0v) is 14.9. The van der Waals surface area contributed by atoms with Gasteiger partial charge >= 0.3 is 0 Å². The topological polar surface area (TPSA) is 76.7 Å². The fourth-order valence-corrected chi connectivity index (χ4v) is 2.80. The summed E-state index contributed by atoms with van der Waals surface area (Å²) in [5.74, 6) is 0.722. The van der Waals surface area contributed by atoms with E-state index in [4.69, 9.17) is 9.47 Å². The van der Waals surface area contributed by atoms with Crippen LogP contribution < -0.4 is 20.1 Å². The van der Waals surface area contributed by atoms with E-state index in [2.05, 4.69) is 10.6 Å². The lowest BCUT2D eigenvalue weighted by molar-refractivity contribution is -0.134. The van der Waals surface area contributed by atoms with Crippen molar-refractivity contribution in [3.05, 3.63) is 54.1 Å². The van der Waals surface area contributed by atoms with Crippen LogP contribution in [0.25, 0.3) is 0 Å². The molecule has 3 rings (SSSR count). The van der Waals surface area contributed by atoms with Crippen molar-refractivity contribution in [2.75, 3.05) is 19.5 Å². The van der Waals surface area contributed by atoms with Crippen molar-refractivity contribution in [2.24, 2.45) is 5.41 Å². The highest BCUT2D eigenvalue weighted by atomic mass is 16.5. The van der Waals surface area contributed by atoms with E-state index in [1.807, 2.05) is 30.3 Å². The molecular formula is C20H22N2O4. The SMILES string of the molecule is COc1ccc(CNC(=O)C2(C(=O)Nc3ccccc3)CC2)cc1OC. The normalized spacial score (nSPS) is 14.2. The first-order valence-corrected chi connectivity index (χ1v) is 8.45. The van der Waals surface area contributed by atoms with Crippen LogP contribution in [-0.4, -0.2) is 26.0 Å². The van der Waals surface area contributed by atoms with Crippen molar-refractivity contribution in [1.82, 2.24) is 5.32 Å². The van der Waals surface area contributed by atoms with Crippen LogP contribution in [0.5, 0.6) is 11.5 Å². The van der Waals surface area contributed by atoms with Crippen molar-refractivity contribution >= 4 is 17.5 Å². The molecule has 2 aromatic carbocycles. The summed E-state index contributed by atoms with van der Waals surface area (Å²) in [6, 6.07) is 14.6. The quantitative estimate of drug-likeness (QED) is 0.750. The molecule has 1 saturated carbocycles. The number of rotatable bonds is 7. The van der Waals surface area contributed by atoms with Gasteiger partial charge in [-0.2, -0.15) is 0 Å². The number of amides is 2. The number of ether oxygens (including phenoxy) is 2. The van der Waals surface area contributed by atoms with Gasteiger partial charge in [0.25, 0.3) is 0 Å².